The van der Waals surface area contributed by atoms with Gasteiger partial charge in [-0.15, -0.1) is 0 Å². The largest absolute Gasteiger partial charge is 0.495 e. The summed E-state index contributed by atoms with van der Waals surface area (Å²) < 4.78 is 5.16. The summed E-state index contributed by atoms with van der Waals surface area (Å²) in [6.07, 6.45) is 1.26. The van der Waals surface area contributed by atoms with Gasteiger partial charge < -0.3 is 15.0 Å². The third kappa shape index (κ3) is 2.57. The summed E-state index contributed by atoms with van der Waals surface area (Å²) >= 11 is 11.7. The molecule has 2 N–H and O–H groups in total. The number of aromatic nitrogens is 2. The van der Waals surface area contributed by atoms with Crippen molar-refractivity contribution in [3.05, 3.63) is 44.9 Å². The first-order valence-electron chi connectivity index (χ1n) is 4.95. The lowest BCUT2D eigenvalue weighted by Gasteiger charge is -2.11. The van der Waals surface area contributed by atoms with Crippen molar-refractivity contribution >= 4 is 34.7 Å². The quantitative estimate of drug-likeness (QED) is 0.910. The number of ether oxygens (including phenoxy) is 1. The highest BCUT2D eigenvalue weighted by atomic mass is 35.5. The lowest BCUT2D eigenvalue weighted by atomic mass is 10.3. The molecule has 18 heavy (non-hydrogen) atoms. The van der Waals surface area contributed by atoms with Crippen molar-refractivity contribution in [3.63, 3.8) is 0 Å². The van der Waals surface area contributed by atoms with Crippen LogP contribution in [0.15, 0.2) is 29.3 Å². The zero-order valence-corrected chi connectivity index (χ0v) is 10.8. The Morgan fingerprint density at radius 2 is 2.17 bits per heavy atom. The van der Waals surface area contributed by atoms with E-state index in [1.165, 1.54) is 13.4 Å². The third-order valence-corrected chi connectivity index (χ3v) is 2.80. The van der Waals surface area contributed by atoms with Gasteiger partial charge in [-0.3, -0.25) is 4.79 Å². The highest BCUT2D eigenvalue weighted by Crippen LogP contribution is 2.30. The molecule has 1 heterocycles. The molecule has 0 amide bonds. The molecule has 0 aliphatic heterocycles. The van der Waals surface area contributed by atoms with Crippen molar-refractivity contribution in [2.24, 2.45) is 0 Å². The molecule has 5 nitrogen and oxygen atoms in total. The molecule has 0 fully saturated rings. The Morgan fingerprint density at radius 1 is 1.39 bits per heavy atom. The molecule has 0 radical (unpaired) electrons. The molecule has 2 rings (SSSR count). The van der Waals surface area contributed by atoms with Gasteiger partial charge in [-0.05, 0) is 18.2 Å². The van der Waals surface area contributed by atoms with Crippen LogP contribution in [0, 0.1) is 0 Å². The summed E-state index contributed by atoms with van der Waals surface area (Å²) in [5, 5.41) is 3.40. The first kappa shape index (κ1) is 12.7. The van der Waals surface area contributed by atoms with E-state index in [4.69, 9.17) is 27.9 Å². The van der Waals surface area contributed by atoms with Crippen molar-refractivity contribution in [1.82, 2.24) is 9.97 Å². The number of nitrogens with one attached hydrogen (secondary N) is 2. The predicted octanol–water partition coefficient (Wildman–Crippen LogP) is 2.83. The molecule has 1 aromatic heterocycles. The van der Waals surface area contributed by atoms with E-state index in [9.17, 15) is 4.79 Å². The van der Waals surface area contributed by atoms with E-state index < -0.39 is 5.56 Å². The van der Waals surface area contributed by atoms with Crippen molar-refractivity contribution < 1.29 is 4.74 Å². The van der Waals surface area contributed by atoms with Gasteiger partial charge in [0.1, 0.15) is 10.8 Å². The smallest absolute Gasteiger partial charge is 0.271 e. The van der Waals surface area contributed by atoms with Crippen LogP contribution in [-0.4, -0.2) is 17.1 Å². The SMILES string of the molecule is COc1ccc(Cl)cc1Nc1nc[nH]c(=O)c1Cl. The van der Waals surface area contributed by atoms with Gasteiger partial charge in [0, 0.05) is 5.02 Å². The van der Waals surface area contributed by atoms with Gasteiger partial charge in [0.15, 0.2) is 5.82 Å². The number of nitrogens with zero attached hydrogens (tertiary/aromatic N) is 1. The Hall–Kier alpha value is -1.72. The minimum atomic E-state index is -0.421. The van der Waals surface area contributed by atoms with Crippen molar-refractivity contribution in [2.75, 3.05) is 12.4 Å². The minimum absolute atomic E-state index is 0.0282. The first-order chi connectivity index (χ1) is 8.61. The summed E-state index contributed by atoms with van der Waals surface area (Å²) in [6.45, 7) is 0. The van der Waals surface area contributed by atoms with Crippen LogP contribution in [0.5, 0.6) is 5.75 Å². The van der Waals surface area contributed by atoms with Gasteiger partial charge in [-0.1, -0.05) is 23.2 Å². The van der Waals surface area contributed by atoms with Gasteiger partial charge in [0.05, 0.1) is 19.1 Å². The minimum Gasteiger partial charge on any atom is -0.495 e. The Balaban J connectivity index is 2.42. The maximum Gasteiger partial charge on any atom is 0.271 e. The second-order valence-electron chi connectivity index (χ2n) is 3.36. The van der Waals surface area contributed by atoms with Gasteiger partial charge >= 0.3 is 0 Å². The molecular weight excluding hydrogens is 277 g/mol. The lowest BCUT2D eigenvalue weighted by Crippen LogP contribution is -2.09. The van der Waals surface area contributed by atoms with Crippen LogP contribution in [0.2, 0.25) is 10.0 Å². The van der Waals surface area contributed by atoms with E-state index in [1.54, 1.807) is 18.2 Å². The monoisotopic (exact) mass is 285 g/mol. The van der Waals surface area contributed by atoms with Gasteiger partial charge in [0.2, 0.25) is 0 Å². The van der Waals surface area contributed by atoms with Crippen LogP contribution in [0.1, 0.15) is 0 Å². The molecule has 94 valence electrons. The van der Waals surface area contributed by atoms with Crippen LogP contribution in [-0.2, 0) is 0 Å². The second kappa shape index (κ2) is 5.29. The van der Waals surface area contributed by atoms with Crippen LogP contribution in [0.4, 0.5) is 11.5 Å². The molecule has 0 atom stereocenters. The Labute approximate surface area is 113 Å². The molecule has 0 unspecified atom stereocenters. The van der Waals surface area contributed by atoms with Crippen molar-refractivity contribution in [1.29, 1.82) is 0 Å². The highest BCUT2D eigenvalue weighted by molar-refractivity contribution is 6.33. The van der Waals surface area contributed by atoms with Crippen LogP contribution in [0.3, 0.4) is 0 Å². The van der Waals surface area contributed by atoms with Crippen molar-refractivity contribution in [3.8, 4) is 5.75 Å². The molecule has 0 aliphatic carbocycles. The standard InChI is InChI=1S/C11H9Cl2N3O2/c1-18-8-3-2-6(12)4-7(8)16-10-9(13)11(17)15-5-14-10/h2-5H,1H3,(H2,14,15,16,17). The van der Waals surface area contributed by atoms with Crippen LogP contribution < -0.4 is 15.6 Å². The highest BCUT2D eigenvalue weighted by Gasteiger charge is 2.09. The van der Waals surface area contributed by atoms with Crippen LogP contribution in [0.25, 0.3) is 0 Å². The Bertz CT molecular complexity index is 628. The summed E-state index contributed by atoms with van der Waals surface area (Å²) in [6, 6.07) is 5.05. The second-order valence-corrected chi connectivity index (χ2v) is 4.18. The Kier molecular flexibility index (Phi) is 3.74. The summed E-state index contributed by atoms with van der Waals surface area (Å²) in [7, 11) is 1.53. The predicted molar refractivity (Wildman–Crippen MR) is 71.2 cm³/mol. The fourth-order valence-corrected chi connectivity index (χ4v) is 1.70. The molecule has 0 saturated heterocycles. The number of methoxy groups -OCH3 is 1. The molecule has 7 heteroatoms. The number of aromatic amines is 1. The number of rotatable bonds is 3. The molecular formula is C11H9Cl2N3O2. The fourth-order valence-electron chi connectivity index (χ4n) is 1.38. The van der Waals surface area contributed by atoms with E-state index in [-0.39, 0.29) is 10.8 Å². The van der Waals surface area contributed by atoms with E-state index in [0.717, 1.165) is 0 Å². The number of anilines is 2. The summed E-state index contributed by atoms with van der Waals surface area (Å²) in [5.74, 6) is 0.804. The lowest BCUT2D eigenvalue weighted by molar-refractivity contribution is 0.417. The van der Waals surface area contributed by atoms with Crippen LogP contribution >= 0.6 is 23.2 Å². The zero-order valence-electron chi connectivity index (χ0n) is 9.33. The molecule has 0 saturated carbocycles. The maximum atomic E-state index is 11.3. The zero-order chi connectivity index (χ0) is 13.1. The molecule has 2 aromatic rings. The van der Waals surface area contributed by atoms with Gasteiger partial charge in [0.25, 0.3) is 5.56 Å². The van der Waals surface area contributed by atoms with Gasteiger partial charge in [-0.2, -0.15) is 0 Å². The van der Waals surface area contributed by atoms with Crippen molar-refractivity contribution in [2.45, 2.75) is 0 Å². The average molecular weight is 286 g/mol. The van der Waals surface area contributed by atoms with Gasteiger partial charge in [-0.25, -0.2) is 4.98 Å². The number of halogens is 2. The van der Waals surface area contributed by atoms with E-state index in [2.05, 4.69) is 15.3 Å². The topological polar surface area (TPSA) is 67.0 Å². The van der Waals surface area contributed by atoms with E-state index >= 15 is 0 Å². The molecule has 0 aliphatic rings. The van der Waals surface area contributed by atoms with E-state index in [0.29, 0.717) is 16.5 Å². The Morgan fingerprint density at radius 3 is 2.89 bits per heavy atom. The summed E-state index contributed by atoms with van der Waals surface area (Å²) in [5.41, 5.74) is 0.153. The molecule has 0 bridgehead atoms. The maximum absolute atomic E-state index is 11.3. The average Bonchev–Trinajstić information content (AvgIpc) is 2.35. The normalized spacial score (nSPS) is 10.2. The van der Waals surface area contributed by atoms with E-state index in [1.807, 2.05) is 0 Å². The summed E-state index contributed by atoms with van der Waals surface area (Å²) in [4.78, 5) is 17.6. The fraction of sp³-hybridized carbons (Fsp3) is 0.0909. The molecule has 1 aromatic carbocycles. The molecule has 0 spiro atoms. The number of benzene rings is 1. The first-order valence-corrected chi connectivity index (χ1v) is 5.71. The third-order valence-electron chi connectivity index (χ3n) is 2.21. The number of H-pyrrole nitrogens is 1. The number of hydrogen-bond acceptors (Lipinski definition) is 4. The number of hydrogen-bond donors (Lipinski definition) is 2.